The van der Waals surface area contributed by atoms with Gasteiger partial charge in [0.2, 0.25) is 5.91 Å². The Morgan fingerprint density at radius 1 is 0.861 bits per heavy atom. The molecule has 2 amide bonds. The van der Waals surface area contributed by atoms with Crippen molar-refractivity contribution >= 4 is 34.7 Å². The van der Waals surface area contributed by atoms with Crippen molar-refractivity contribution in [2.24, 2.45) is 0 Å². The fourth-order valence-corrected chi connectivity index (χ4v) is 3.60. The standard InChI is InChI=1S/C28H27N5O3/c1-18(34)31-23-16-20(26-12-11-25(29)27(30)33-26)15-21(17-23)28(35)32-22-7-9-24(10-8-22)36-14-13-19-5-3-2-4-6-19/h2-12,15-17H,13-14,29H2,1H3,(H2,30,33)(H,31,34)(H,32,35). The first-order valence-electron chi connectivity index (χ1n) is 11.4. The molecule has 0 spiro atoms. The molecule has 0 unspecified atom stereocenters. The molecule has 6 N–H and O–H groups in total. The summed E-state index contributed by atoms with van der Waals surface area (Å²) in [6.07, 6.45) is 0.806. The van der Waals surface area contributed by atoms with Crippen molar-refractivity contribution in [1.82, 2.24) is 4.98 Å². The lowest BCUT2D eigenvalue weighted by atomic mass is 10.0. The van der Waals surface area contributed by atoms with E-state index in [0.29, 0.717) is 46.2 Å². The Balaban J connectivity index is 1.47. The maximum absolute atomic E-state index is 13.1. The largest absolute Gasteiger partial charge is 0.493 e. The van der Waals surface area contributed by atoms with Crippen LogP contribution in [0.2, 0.25) is 0 Å². The molecule has 0 saturated carbocycles. The number of nitrogen functional groups attached to an aromatic ring is 2. The third-order valence-corrected chi connectivity index (χ3v) is 5.38. The third kappa shape index (κ3) is 6.38. The van der Waals surface area contributed by atoms with Gasteiger partial charge in [0.05, 0.1) is 18.0 Å². The van der Waals surface area contributed by atoms with E-state index in [9.17, 15) is 9.59 Å². The number of nitrogens with two attached hydrogens (primary N) is 2. The summed E-state index contributed by atoms with van der Waals surface area (Å²) >= 11 is 0. The van der Waals surface area contributed by atoms with E-state index in [1.165, 1.54) is 12.5 Å². The minimum atomic E-state index is -0.343. The Morgan fingerprint density at radius 3 is 2.31 bits per heavy atom. The molecular formula is C28H27N5O3. The number of pyridine rings is 1. The third-order valence-electron chi connectivity index (χ3n) is 5.38. The minimum Gasteiger partial charge on any atom is -0.493 e. The van der Waals surface area contributed by atoms with Crippen LogP contribution in [0.4, 0.5) is 22.9 Å². The summed E-state index contributed by atoms with van der Waals surface area (Å²) in [5.41, 5.74) is 15.8. The number of anilines is 4. The average molecular weight is 482 g/mol. The highest BCUT2D eigenvalue weighted by Crippen LogP contribution is 2.27. The van der Waals surface area contributed by atoms with Gasteiger partial charge < -0.3 is 26.8 Å². The molecule has 1 heterocycles. The van der Waals surface area contributed by atoms with Gasteiger partial charge in [-0.1, -0.05) is 30.3 Å². The van der Waals surface area contributed by atoms with E-state index >= 15 is 0 Å². The van der Waals surface area contributed by atoms with Crippen LogP contribution in [-0.4, -0.2) is 23.4 Å². The molecular weight excluding hydrogens is 454 g/mol. The van der Waals surface area contributed by atoms with Crippen LogP contribution in [0.1, 0.15) is 22.8 Å². The van der Waals surface area contributed by atoms with Crippen LogP contribution in [0, 0.1) is 0 Å². The van der Waals surface area contributed by atoms with Gasteiger partial charge in [0.15, 0.2) is 0 Å². The van der Waals surface area contributed by atoms with E-state index in [1.807, 2.05) is 18.2 Å². The molecule has 36 heavy (non-hydrogen) atoms. The summed E-state index contributed by atoms with van der Waals surface area (Å²) in [5.74, 6) is 0.302. The molecule has 0 saturated heterocycles. The SMILES string of the molecule is CC(=O)Nc1cc(C(=O)Nc2ccc(OCCc3ccccc3)cc2)cc(-c2ccc(N)c(N)n2)c1. The van der Waals surface area contributed by atoms with Gasteiger partial charge in [0, 0.05) is 35.8 Å². The van der Waals surface area contributed by atoms with Gasteiger partial charge in [0.1, 0.15) is 11.6 Å². The second kappa shape index (κ2) is 11.1. The number of carbonyl (C=O) groups excluding carboxylic acids is 2. The quantitative estimate of drug-likeness (QED) is 0.287. The average Bonchev–Trinajstić information content (AvgIpc) is 2.87. The number of hydrogen-bond acceptors (Lipinski definition) is 6. The second-order valence-electron chi connectivity index (χ2n) is 8.21. The molecule has 0 radical (unpaired) electrons. The summed E-state index contributed by atoms with van der Waals surface area (Å²) in [6, 6.07) is 25.6. The number of nitrogens with zero attached hydrogens (tertiary/aromatic N) is 1. The number of amides is 2. The molecule has 0 aliphatic carbocycles. The predicted octanol–water partition coefficient (Wildman–Crippen LogP) is 4.75. The lowest BCUT2D eigenvalue weighted by Gasteiger charge is -2.12. The van der Waals surface area contributed by atoms with Gasteiger partial charge in [-0.05, 0) is 60.2 Å². The molecule has 8 heteroatoms. The Labute approximate surface area is 209 Å². The maximum atomic E-state index is 13.1. The van der Waals surface area contributed by atoms with E-state index in [2.05, 4.69) is 27.8 Å². The molecule has 4 aromatic rings. The molecule has 8 nitrogen and oxygen atoms in total. The summed E-state index contributed by atoms with van der Waals surface area (Å²) in [4.78, 5) is 29.0. The van der Waals surface area contributed by atoms with Crippen LogP contribution in [-0.2, 0) is 11.2 Å². The lowest BCUT2D eigenvalue weighted by Crippen LogP contribution is -2.13. The van der Waals surface area contributed by atoms with Gasteiger partial charge in [-0.3, -0.25) is 9.59 Å². The van der Waals surface area contributed by atoms with E-state index in [0.717, 1.165) is 6.42 Å². The number of nitrogens with one attached hydrogen (secondary N) is 2. The molecule has 0 bridgehead atoms. The van der Waals surface area contributed by atoms with Gasteiger partial charge in [-0.15, -0.1) is 0 Å². The summed E-state index contributed by atoms with van der Waals surface area (Å²) in [7, 11) is 0. The van der Waals surface area contributed by atoms with Crippen molar-refractivity contribution in [3.8, 4) is 17.0 Å². The zero-order valence-corrected chi connectivity index (χ0v) is 19.8. The van der Waals surface area contributed by atoms with E-state index in [4.69, 9.17) is 16.2 Å². The topological polar surface area (TPSA) is 132 Å². The first-order valence-corrected chi connectivity index (χ1v) is 11.4. The van der Waals surface area contributed by atoms with E-state index in [1.54, 1.807) is 54.6 Å². The monoisotopic (exact) mass is 481 g/mol. The molecule has 182 valence electrons. The van der Waals surface area contributed by atoms with Gasteiger partial charge in [-0.25, -0.2) is 4.98 Å². The van der Waals surface area contributed by atoms with Crippen LogP contribution in [0.25, 0.3) is 11.3 Å². The number of rotatable bonds is 8. The van der Waals surface area contributed by atoms with Crippen LogP contribution in [0.5, 0.6) is 5.75 Å². The Morgan fingerprint density at radius 2 is 1.61 bits per heavy atom. The highest BCUT2D eigenvalue weighted by molar-refractivity contribution is 6.06. The number of carbonyl (C=O) groups is 2. The summed E-state index contributed by atoms with van der Waals surface area (Å²) in [6.45, 7) is 1.95. The zero-order valence-electron chi connectivity index (χ0n) is 19.8. The molecule has 0 fully saturated rings. The van der Waals surface area contributed by atoms with Crippen LogP contribution >= 0.6 is 0 Å². The number of hydrogen-bond donors (Lipinski definition) is 4. The first-order chi connectivity index (χ1) is 17.4. The van der Waals surface area contributed by atoms with Crippen LogP contribution in [0.15, 0.2) is 84.9 Å². The van der Waals surface area contributed by atoms with Crippen LogP contribution < -0.4 is 26.8 Å². The van der Waals surface area contributed by atoms with Crippen molar-refractivity contribution in [1.29, 1.82) is 0 Å². The molecule has 4 rings (SSSR count). The summed E-state index contributed by atoms with van der Waals surface area (Å²) in [5, 5.41) is 5.59. The van der Waals surface area contributed by atoms with Crippen molar-refractivity contribution in [3.63, 3.8) is 0 Å². The van der Waals surface area contributed by atoms with Crippen molar-refractivity contribution < 1.29 is 14.3 Å². The lowest BCUT2D eigenvalue weighted by molar-refractivity contribution is -0.114. The van der Waals surface area contributed by atoms with Gasteiger partial charge >= 0.3 is 0 Å². The predicted molar refractivity (Wildman–Crippen MR) is 143 cm³/mol. The Bertz CT molecular complexity index is 1370. The van der Waals surface area contributed by atoms with Gasteiger partial charge in [0.25, 0.3) is 5.91 Å². The minimum absolute atomic E-state index is 0.189. The maximum Gasteiger partial charge on any atom is 0.255 e. The van der Waals surface area contributed by atoms with Gasteiger partial charge in [-0.2, -0.15) is 0 Å². The van der Waals surface area contributed by atoms with Crippen molar-refractivity contribution in [2.45, 2.75) is 13.3 Å². The Hall–Kier alpha value is -4.85. The Kier molecular flexibility index (Phi) is 7.45. The van der Waals surface area contributed by atoms with Crippen molar-refractivity contribution in [2.75, 3.05) is 28.7 Å². The molecule has 0 aliphatic heterocycles. The van der Waals surface area contributed by atoms with E-state index < -0.39 is 0 Å². The van der Waals surface area contributed by atoms with Crippen molar-refractivity contribution in [3.05, 3.63) is 96.1 Å². The fraction of sp³-hybridized carbons (Fsp3) is 0.107. The number of aromatic nitrogens is 1. The van der Waals surface area contributed by atoms with Crippen LogP contribution in [0.3, 0.4) is 0 Å². The molecule has 0 aliphatic rings. The number of benzene rings is 3. The summed E-state index contributed by atoms with van der Waals surface area (Å²) < 4.78 is 5.81. The first kappa shape index (κ1) is 24.3. The zero-order chi connectivity index (χ0) is 25.5. The molecule has 1 aromatic heterocycles. The highest BCUT2D eigenvalue weighted by atomic mass is 16.5. The second-order valence-corrected chi connectivity index (χ2v) is 8.21. The van der Waals surface area contributed by atoms with E-state index in [-0.39, 0.29) is 17.6 Å². The molecule has 0 atom stereocenters. The highest BCUT2D eigenvalue weighted by Gasteiger charge is 2.13. The molecule has 3 aromatic carbocycles. The smallest absolute Gasteiger partial charge is 0.255 e. The fourth-order valence-electron chi connectivity index (χ4n) is 3.60. The number of ether oxygens (including phenoxy) is 1. The normalized spacial score (nSPS) is 10.5.